The van der Waals surface area contributed by atoms with E-state index in [1.54, 1.807) is 24.7 Å². The molecule has 132 valence electrons. The van der Waals surface area contributed by atoms with Crippen LogP contribution in [0.25, 0.3) is 22.4 Å². The summed E-state index contributed by atoms with van der Waals surface area (Å²) in [5.74, 6) is 2.43. The van der Waals surface area contributed by atoms with Gasteiger partial charge < -0.3 is 10.0 Å². The third kappa shape index (κ3) is 2.60. The molecule has 0 radical (unpaired) electrons. The van der Waals surface area contributed by atoms with Crippen LogP contribution in [-0.2, 0) is 0 Å². The number of anilines is 1. The van der Waals surface area contributed by atoms with E-state index in [1.165, 1.54) is 19.3 Å². The minimum atomic E-state index is 0.156. The number of benzene rings is 1. The molecule has 26 heavy (non-hydrogen) atoms. The Bertz CT molecular complexity index is 896. The molecule has 0 spiro atoms. The lowest BCUT2D eigenvalue weighted by Crippen LogP contribution is -2.23. The number of aromatic nitrogens is 5. The lowest BCUT2D eigenvalue weighted by Gasteiger charge is -2.16. The van der Waals surface area contributed by atoms with Crippen molar-refractivity contribution in [2.24, 2.45) is 11.8 Å². The molecule has 2 aromatic heterocycles. The molecule has 3 aromatic rings. The minimum absolute atomic E-state index is 0.156. The highest BCUT2D eigenvalue weighted by molar-refractivity contribution is 5.73. The highest BCUT2D eigenvalue weighted by Gasteiger charge is 2.37. The summed E-state index contributed by atoms with van der Waals surface area (Å²) in [5, 5.41) is 25.7. The Hall–Kier alpha value is -2.96. The summed E-state index contributed by atoms with van der Waals surface area (Å²) < 4.78 is 0. The van der Waals surface area contributed by atoms with Crippen LogP contribution in [0.2, 0.25) is 0 Å². The number of H-pyrrole nitrogens is 1. The van der Waals surface area contributed by atoms with E-state index in [0.717, 1.165) is 36.1 Å². The van der Waals surface area contributed by atoms with E-state index in [0.29, 0.717) is 17.2 Å². The Balaban J connectivity index is 1.37. The molecule has 0 bridgehead atoms. The third-order valence-electron chi connectivity index (χ3n) is 5.66. The van der Waals surface area contributed by atoms with Crippen molar-refractivity contribution >= 4 is 5.95 Å². The van der Waals surface area contributed by atoms with Gasteiger partial charge in [-0.25, -0.2) is 4.98 Å². The van der Waals surface area contributed by atoms with Gasteiger partial charge in [-0.1, -0.05) is 12.5 Å². The molecule has 2 fully saturated rings. The number of aromatic hydroxyl groups is 1. The molecule has 2 atom stereocenters. The Morgan fingerprint density at radius 2 is 1.88 bits per heavy atom. The fraction of sp³-hybridized carbons (Fsp3) is 0.368. The van der Waals surface area contributed by atoms with Gasteiger partial charge in [0.1, 0.15) is 11.4 Å². The van der Waals surface area contributed by atoms with Crippen molar-refractivity contribution in [1.29, 1.82) is 0 Å². The van der Waals surface area contributed by atoms with Crippen LogP contribution in [-0.4, -0.2) is 43.6 Å². The second-order valence-corrected chi connectivity index (χ2v) is 7.22. The normalized spacial score (nSPS) is 21.9. The number of nitrogens with zero attached hydrogens (tertiary/aromatic N) is 5. The summed E-state index contributed by atoms with van der Waals surface area (Å²) in [7, 11) is 0. The van der Waals surface area contributed by atoms with Crippen LogP contribution in [0.1, 0.15) is 19.3 Å². The molecule has 2 aliphatic rings. The first-order chi connectivity index (χ1) is 12.8. The van der Waals surface area contributed by atoms with Crippen molar-refractivity contribution in [1.82, 2.24) is 25.4 Å². The van der Waals surface area contributed by atoms with E-state index in [-0.39, 0.29) is 5.75 Å². The van der Waals surface area contributed by atoms with Crippen LogP contribution in [0.4, 0.5) is 5.95 Å². The Labute approximate surface area is 151 Å². The summed E-state index contributed by atoms with van der Waals surface area (Å²) in [6.45, 7) is 2.08. The highest BCUT2D eigenvalue weighted by Crippen LogP contribution is 2.39. The molecule has 0 amide bonds. The van der Waals surface area contributed by atoms with Gasteiger partial charge in [-0.2, -0.15) is 5.10 Å². The first-order valence-electron chi connectivity index (χ1n) is 9.05. The number of aromatic amines is 1. The Morgan fingerprint density at radius 1 is 1.04 bits per heavy atom. The molecular weight excluding hydrogens is 328 g/mol. The number of phenolic OH excluding ortho intramolecular Hbond substituents is 1. The lowest BCUT2D eigenvalue weighted by atomic mass is 10.0. The van der Waals surface area contributed by atoms with Gasteiger partial charge in [0.25, 0.3) is 0 Å². The summed E-state index contributed by atoms with van der Waals surface area (Å²) in [5.41, 5.74) is 3.01. The number of rotatable bonds is 3. The summed E-state index contributed by atoms with van der Waals surface area (Å²) >= 11 is 0. The quantitative estimate of drug-likeness (QED) is 0.756. The van der Waals surface area contributed by atoms with Crippen molar-refractivity contribution in [2.75, 3.05) is 18.0 Å². The minimum Gasteiger partial charge on any atom is -0.507 e. The van der Waals surface area contributed by atoms with Crippen molar-refractivity contribution in [2.45, 2.75) is 19.3 Å². The molecule has 7 heteroatoms. The maximum atomic E-state index is 10.4. The summed E-state index contributed by atoms with van der Waals surface area (Å²) in [6, 6.07) is 5.47. The average molecular weight is 348 g/mol. The molecule has 1 saturated heterocycles. The van der Waals surface area contributed by atoms with E-state index in [4.69, 9.17) is 0 Å². The van der Waals surface area contributed by atoms with E-state index < -0.39 is 0 Å². The van der Waals surface area contributed by atoms with Gasteiger partial charge in [-0.3, -0.25) is 5.10 Å². The molecule has 7 nitrogen and oxygen atoms in total. The molecule has 3 heterocycles. The van der Waals surface area contributed by atoms with Crippen LogP contribution >= 0.6 is 0 Å². The van der Waals surface area contributed by atoms with Gasteiger partial charge in [0.2, 0.25) is 5.95 Å². The molecule has 1 saturated carbocycles. The van der Waals surface area contributed by atoms with E-state index in [9.17, 15) is 5.11 Å². The zero-order valence-corrected chi connectivity index (χ0v) is 14.3. The number of nitrogens with one attached hydrogen (secondary N) is 1. The number of fused-ring (bicyclic) bond motifs is 1. The van der Waals surface area contributed by atoms with Gasteiger partial charge in [0.05, 0.1) is 12.4 Å². The fourth-order valence-electron chi connectivity index (χ4n) is 4.27. The van der Waals surface area contributed by atoms with Gasteiger partial charge in [0, 0.05) is 30.4 Å². The smallest absolute Gasteiger partial charge is 0.245 e. The standard InChI is InChI=1S/C19H20N6O/c26-18-6-12(15-7-21-22-8-15)4-5-16(18)17-9-20-19(24-23-17)25-10-13-2-1-3-14(13)11-25/h4-9,13-14,26H,1-3,10-11H2,(H,21,22)/t13-,14+. The molecule has 0 unspecified atom stereocenters. The number of hydrogen-bond acceptors (Lipinski definition) is 6. The maximum Gasteiger partial charge on any atom is 0.245 e. The van der Waals surface area contributed by atoms with Crippen molar-refractivity contribution < 1.29 is 5.11 Å². The van der Waals surface area contributed by atoms with Gasteiger partial charge in [0.15, 0.2) is 0 Å². The largest absolute Gasteiger partial charge is 0.507 e. The van der Waals surface area contributed by atoms with E-state index in [2.05, 4.69) is 30.3 Å². The Kier molecular flexibility index (Phi) is 3.58. The van der Waals surface area contributed by atoms with Crippen LogP contribution < -0.4 is 4.90 Å². The predicted octanol–water partition coefficient (Wildman–Crippen LogP) is 2.87. The molecule has 1 aromatic carbocycles. The Morgan fingerprint density at radius 3 is 2.54 bits per heavy atom. The topological polar surface area (TPSA) is 90.8 Å². The SMILES string of the molecule is Oc1cc(-c2cn[nH]c2)ccc1-c1cnc(N2C[C@H]3CCC[C@H]3C2)nn1. The van der Waals surface area contributed by atoms with Crippen LogP contribution in [0.15, 0.2) is 36.8 Å². The fourth-order valence-corrected chi connectivity index (χ4v) is 4.27. The summed E-state index contributed by atoms with van der Waals surface area (Å²) in [4.78, 5) is 6.75. The van der Waals surface area contributed by atoms with Crippen molar-refractivity contribution in [3.05, 3.63) is 36.8 Å². The molecular formula is C19H20N6O. The average Bonchev–Trinajstić information content (AvgIpc) is 3.39. The van der Waals surface area contributed by atoms with Crippen molar-refractivity contribution in [3.8, 4) is 28.1 Å². The molecule has 1 aliphatic carbocycles. The van der Waals surface area contributed by atoms with Crippen LogP contribution in [0.3, 0.4) is 0 Å². The lowest BCUT2D eigenvalue weighted by molar-refractivity contribution is 0.477. The third-order valence-corrected chi connectivity index (χ3v) is 5.66. The van der Waals surface area contributed by atoms with E-state index >= 15 is 0 Å². The predicted molar refractivity (Wildman–Crippen MR) is 97.6 cm³/mol. The van der Waals surface area contributed by atoms with Gasteiger partial charge >= 0.3 is 0 Å². The second kappa shape index (κ2) is 6.09. The maximum absolute atomic E-state index is 10.4. The van der Waals surface area contributed by atoms with E-state index in [1.807, 2.05) is 12.1 Å². The second-order valence-electron chi connectivity index (χ2n) is 7.22. The number of hydrogen-bond donors (Lipinski definition) is 2. The molecule has 2 N–H and O–H groups in total. The highest BCUT2D eigenvalue weighted by atomic mass is 16.3. The number of phenols is 1. The zero-order valence-electron chi connectivity index (χ0n) is 14.3. The van der Waals surface area contributed by atoms with Crippen LogP contribution in [0.5, 0.6) is 5.75 Å². The molecule has 1 aliphatic heterocycles. The summed E-state index contributed by atoms with van der Waals surface area (Å²) in [6.07, 6.45) is 9.21. The van der Waals surface area contributed by atoms with Gasteiger partial charge in [-0.05, 0) is 42.4 Å². The zero-order chi connectivity index (χ0) is 17.5. The van der Waals surface area contributed by atoms with Crippen LogP contribution in [0, 0.1) is 11.8 Å². The monoisotopic (exact) mass is 348 g/mol. The molecule has 5 rings (SSSR count). The first kappa shape index (κ1) is 15.3. The first-order valence-corrected chi connectivity index (χ1v) is 9.05. The van der Waals surface area contributed by atoms with Crippen molar-refractivity contribution in [3.63, 3.8) is 0 Å². The van der Waals surface area contributed by atoms with Gasteiger partial charge in [-0.15, -0.1) is 10.2 Å².